The molecule has 4 N–H and O–H groups in total. The number of nitrogens with zero attached hydrogens (tertiary/aromatic N) is 7. The quantitative estimate of drug-likeness (QED) is 0.0979. The van der Waals surface area contributed by atoms with Crippen molar-refractivity contribution < 1.29 is 33.8 Å². The molecule has 0 unspecified atom stereocenters. The van der Waals surface area contributed by atoms with E-state index in [2.05, 4.69) is 30.8 Å². The molecular formula is C50H51N9O7S2. The first-order valence-corrected chi connectivity index (χ1v) is 24.0. The van der Waals surface area contributed by atoms with Crippen LogP contribution in [0.2, 0.25) is 0 Å². The summed E-state index contributed by atoms with van der Waals surface area (Å²) in [5.74, 6) is -1.70. The SMILES string of the molecule is Cc1ncsc1-c1ccc([C@H](C)NC(=O)[C@@H]2C[C@@H](O)CN2C(=O)[C@@H](NC(=O)c2nc3cc(-c4ccc(C5=N[C@@H](CC(=O)O)c6nnc(C)n6-c6sc(C)c(C)c65)cc4)ccc3o2)C(C)(C)C)cc1. The van der Waals surface area contributed by atoms with Gasteiger partial charge in [0.2, 0.25) is 11.8 Å². The zero-order valence-corrected chi connectivity index (χ0v) is 40.5. The number of fused-ring (bicyclic) bond motifs is 4. The van der Waals surface area contributed by atoms with Crippen LogP contribution in [-0.4, -0.2) is 94.0 Å². The highest BCUT2D eigenvalue weighted by Crippen LogP contribution is 2.40. The van der Waals surface area contributed by atoms with E-state index in [9.17, 15) is 29.4 Å². The van der Waals surface area contributed by atoms with Crippen LogP contribution >= 0.6 is 22.7 Å². The predicted octanol–water partition coefficient (Wildman–Crippen LogP) is 7.84. The van der Waals surface area contributed by atoms with E-state index in [4.69, 9.17) is 9.41 Å². The Hall–Kier alpha value is -6.89. The lowest BCUT2D eigenvalue weighted by molar-refractivity contribution is -0.142. The molecule has 0 bridgehead atoms. The number of β-amino-alcohol motifs (C(OH)–C–C–N with tert-alkyl or cyclic N) is 1. The Labute approximate surface area is 400 Å². The molecule has 4 aromatic heterocycles. The van der Waals surface area contributed by atoms with Crippen molar-refractivity contribution in [3.63, 3.8) is 0 Å². The van der Waals surface area contributed by atoms with Gasteiger partial charge >= 0.3 is 11.9 Å². The number of likely N-dealkylation sites (tertiary alicyclic amines) is 1. The molecule has 0 aliphatic carbocycles. The maximum absolute atomic E-state index is 14.4. The van der Waals surface area contributed by atoms with Crippen molar-refractivity contribution in [1.29, 1.82) is 0 Å². The first-order chi connectivity index (χ1) is 32.4. The number of carboxylic acid groups (broad SMARTS) is 1. The van der Waals surface area contributed by atoms with Crippen LogP contribution in [0.5, 0.6) is 0 Å². The van der Waals surface area contributed by atoms with Gasteiger partial charge in [0.1, 0.15) is 34.5 Å². The van der Waals surface area contributed by atoms with Crippen molar-refractivity contribution in [3.05, 3.63) is 123 Å². The third-order valence-electron chi connectivity index (χ3n) is 12.7. The van der Waals surface area contributed by atoms with E-state index in [1.165, 1.54) is 4.90 Å². The molecule has 2 aliphatic heterocycles. The van der Waals surface area contributed by atoms with E-state index in [0.717, 1.165) is 59.4 Å². The number of aliphatic hydroxyl groups excluding tert-OH is 1. The smallest absolute Gasteiger partial charge is 0.307 e. The number of aromatic nitrogens is 5. The minimum absolute atomic E-state index is 0.0517. The monoisotopic (exact) mass is 953 g/mol. The van der Waals surface area contributed by atoms with Crippen molar-refractivity contribution in [1.82, 2.24) is 40.3 Å². The molecule has 3 aromatic carbocycles. The number of benzene rings is 3. The lowest BCUT2D eigenvalue weighted by atomic mass is 9.85. The second-order valence-corrected chi connectivity index (χ2v) is 20.6. The Morgan fingerprint density at radius 3 is 2.28 bits per heavy atom. The maximum Gasteiger partial charge on any atom is 0.307 e. The van der Waals surface area contributed by atoms with Gasteiger partial charge in [-0.1, -0.05) is 75.4 Å². The molecule has 7 aromatic rings. The van der Waals surface area contributed by atoms with Crippen molar-refractivity contribution in [2.24, 2.45) is 10.4 Å². The number of aliphatic carboxylic acids is 1. The van der Waals surface area contributed by atoms with Crippen LogP contribution < -0.4 is 10.6 Å². The minimum Gasteiger partial charge on any atom is -0.481 e. The van der Waals surface area contributed by atoms with Gasteiger partial charge in [-0.05, 0) is 80.0 Å². The molecule has 18 heteroatoms. The average Bonchev–Trinajstić information content (AvgIpc) is 4.14. The summed E-state index contributed by atoms with van der Waals surface area (Å²) in [6.45, 7) is 15.1. The fraction of sp³-hybridized carbons (Fsp3) is 0.340. The Kier molecular flexibility index (Phi) is 12.2. The second-order valence-electron chi connectivity index (χ2n) is 18.6. The zero-order valence-electron chi connectivity index (χ0n) is 38.8. The lowest BCUT2D eigenvalue weighted by Gasteiger charge is -2.35. The Morgan fingerprint density at radius 1 is 0.912 bits per heavy atom. The highest BCUT2D eigenvalue weighted by atomic mass is 32.1. The number of aliphatic hydroxyl groups is 1. The second kappa shape index (κ2) is 18.0. The number of oxazole rings is 1. The number of thiophene rings is 1. The van der Waals surface area contributed by atoms with Gasteiger partial charge in [-0.15, -0.1) is 32.9 Å². The fourth-order valence-electron chi connectivity index (χ4n) is 8.92. The maximum atomic E-state index is 14.4. The summed E-state index contributed by atoms with van der Waals surface area (Å²) in [4.78, 5) is 71.6. The molecule has 1 saturated heterocycles. The molecule has 0 radical (unpaired) electrons. The van der Waals surface area contributed by atoms with Crippen LogP contribution in [-0.2, 0) is 14.4 Å². The van der Waals surface area contributed by atoms with Crippen LogP contribution in [0.1, 0.15) is 108 Å². The first kappa shape index (κ1) is 46.2. The van der Waals surface area contributed by atoms with Crippen molar-refractivity contribution >= 4 is 63.2 Å². The summed E-state index contributed by atoms with van der Waals surface area (Å²) < 4.78 is 7.86. The summed E-state index contributed by atoms with van der Waals surface area (Å²) in [6, 6.07) is 17.9. The molecule has 16 nitrogen and oxygen atoms in total. The number of rotatable bonds is 11. The predicted molar refractivity (Wildman–Crippen MR) is 259 cm³/mol. The van der Waals surface area contributed by atoms with E-state index in [1.807, 2.05) is 126 Å². The minimum atomic E-state index is -1.10. The van der Waals surface area contributed by atoms with E-state index in [-0.39, 0.29) is 31.3 Å². The molecule has 2 aliphatic rings. The number of hydrogen-bond acceptors (Lipinski definition) is 13. The summed E-state index contributed by atoms with van der Waals surface area (Å²) in [6.07, 6.45) is -1.12. The largest absolute Gasteiger partial charge is 0.481 e. The molecular weight excluding hydrogens is 903 g/mol. The molecule has 6 heterocycles. The molecule has 1 fully saturated rings. The third-order valence-corrected chi connectivity index (χ3v) is 14.9. The van der Waals surface area contributed by atoms with Crippen LogP contribution in [0.15, 0.2) is 81.7 Å². The van der Waals surface area contributed by atoms with Crippen molar-refractivity contribution in [2.45, 2.75) is 98.5 Å². The molecule has 0 spiro atoms. The van der Waals surface area contributed by atoms with E-state index in [1.54, 1.807) is 28.7 Å². The number of nitrogens with one attached hydrogen (secondary N) is 2. The first-order valence-electron chi connectivity index (χ1n) is 22.3. The summed E-state index contributed by atoms with van der Waals surface area (Å²) in [7, 11) is 0. The highest BCUT2D eigenvalue weighted by molar-refractivity contribution is 7.15. The molecule has 350 valence electrons. The van der Waals surface area contributed by atoms with Crippen LogP contribution in [0, 0.1) is 33.1 Å². The van der Waals surface area contributed by atoms with Crippen LogP contribution in [0.4, 0.5) is 0 Å². The molecule has 68 heavy (non-hydrogen) atoms. The summed E-state index contributed by atoms with van der Waals surface area (Å²) in [5.41, 5.74) is 9.76. The van der Waals surface area contributed by atoms with Gasteiger partial charge in [-0.2, -0.15) is 0 Å². The number of amides is 3. The van der Waals surface area contributed by atoms with E-state index >= 15 is 0 Å². The van der Waals surface area contributed by atoms with Gasteiger partial charge in [0, 0.05) is 29.0 Å². The zero-order chi connectivity index (χ0) is 48.3. The van der Waals surface area contributed by atoms with Crippen molar-refractivity contribution in [2.75, 3.05) is 6.54 Å². The fourth-order valence-corrected chi connectivity index (χ4v) is 10.9. The van der Waals surface area contributed by atoms with Gasteiger partial charge in [0.15, 0.2) is 11.4 Å². The molecule has 9 rings (SSSR count). The number of carboxylic acids is 1. The molecule has 5 atom stereocenters. The number of aryl methyl sites for hydroxylation is 3. The van der Waals surface area contributed by atoms with Gasteiger partial charge in [-0.3, -0.25) is 28.7 Å². The lowest BCUT2D eigenvalue weighted by Crippen LogP contribution is -2.57. The Bertz CT molecular complexity index is 3140. The van der Waals surface area contributed by atoms with Crippen molar-refractivity contribution in [3.8, 4) is 26.6 Å². The third kappa shape index (κ3) is 8.74. The van der Waals surface area contributed by atoms with Crippen LogP contribution in [0.25, 0.3) is 37.7 Å². The van der Waals surface area contributed by atoms with Crippen LogP contribution in [0.3, 0.4) is 0 Å². The normalized spacial score (nSPS) is 17.8. The Balaban J connectivity index is 0.912. The average molecular weight is 954 g/mol. The van der Waals surface area contributed by atoms with Gasteiger partial charge in [-0.25, -0.2) is 9.97 Å². The highest BCUT2D eigenvalue weighted by Gasteiger charge is 2.45. The van der Waals surface area contributed by atoms with E-state index < -0.39 is 53.3 Å². The Morgan fingerprint density at radius 2 is 1.60 bits per heavy atom. The topological polar surface area (TPSA) is 218 Å². The molecule has 3 amide bonds. The number of thiazole rings is 1. The van der Waals surface area contributed by atoms with Gasteiger partial charge in [0.05, 0.1) is 40.4 Å². The standard InChI is InChI=1S/C50H51N9O7S2/c1-24-27(4)68-49-40(24)41(53-36(21-39(61)62)44-57-56-28(5)59(44)49)31-13-11-30(12-14-31)33-17-18-38-35(19-33)54-47(66-38)46(64)55-43(50(6,7)8)48(65)58-22-34(60)20-37(58)45(63)52-25(2)29-9-15-32(16-10-29)42-26(3)51-23-67-42/h9-19,23,25,34,36-37,43,60H,20-22H2,1-8H3,(H,52,63)(H,55,64)(H,61,62)/t25-,34+,36-,37-,43+/m0/s1. The summed E-state index contributed by atoms with van der Waals surface area (Å²) in [5, 5.41) is 36.0. The number of aliphatic imine (C=N–C) groups is 1. The number of carbonyl (C=O) groups excluding carboxylic acids is 3. The van der Waals surface area contributed by atoms with Gasteiger partial charge in [0.25, 0.3) is 5.89 Å². The summed E-state index contributed by atoms with van der Waals surface area (Å²) >= 11 is 3.16. The van der Waals surface area contributed by atoms with E-state index in [0.29, 0.717) is 28.5 Å². The number of hydrogen-bond donors (Lipinski definition) is 4. The van der Waals surface area contributed by atoms with Gasteiger partial charge < -0.3 is 30.2 Å². The molecule has 0 saturated carbocycles. The number of carbonyl (C=O) groups is 4.